The minimum absolute atomic E-state index is 0.105. The summed E-state index contributed by atoms with van der Waals surface area (Å²) in [4.78, 5) is 28.6. The van der Waals surface area contributed by atoms with Gasteiger partial charge in [0.05, 0.1) is 13.7 Å². The summed E-state index contributed by atoms with van der Waals surface area (Å²) in [5.41, 5.74) is 4.66. The van der Waals surface area contributed by atoms with Crippen LogP contribution in [0.2, 0.25) is 4.47 Å². The number of halogens is 1. The molecule has 0 aliphatic heterocycles. The third-order valence-electron chi connectivity index (χ3n) is 1.48. The number of guanidine groups is 1. The molecule has 0 unspecified atom stereocenters. The summed E-state index contributed by atoms with van der Waals surface area (Å²) in [6.45, 7) is 0.306. The quantitative estimate of drug-likeness (QED) is 0.468. The van der Waals surface area contributed by atoms with Crippen molar-refractivity contribution in [2.45, 2.75) is 6.54 Å². The van der Waals surface area contributed by atoms with E-state index in [2.05, 4.69) is 30.6 Å². The molecule has 8 nitrogen and oxygen atoms in total. The van der Waals surface area contributed by atoms with E-state index in [-0.39, 0.29) is 11.0 Å². The molecule has 1 aromatic heterocycles. The van der Waals surface area contributed by atoms with E-state index in [0.29, 0.717) is 11.0 Å². The number of hydrogen-bond acceptors (Lipinski definition) is 6. The lowest BCUT2D eigenvalue weighted by atomic mass is 10.5. The average molecular weight is 281 g/mol. The fourth-order valence-electron chi connectivity index (χ4n) is 0.833. The van der Waals surface area contributed by atoms with Gasteiger partial charge in [-0.05, 0) is 5.43 Å². The van der Waals surface area contributed by atoms with Gasteiger partial charge in [0.1, 0.15) is 4.91 Å². The van der Waals surface area contributed by atoms with Crippen molar-refractivity contribution >= 4 is 28.9 Å². The molecule has 0 radical (unpaired) electrons. The largest absolute Gasteiger partial charge is 0.364 e. The number of nitrogens with one attached hydrogen (secondary N) is 2. The van der Waals surface area contributed by atoms with Crippen molar-refractivity contribution in [1.82, 2.24) is 15.9 Å². The van der Waals surface area contributed by atoms with Gasteiger partial charge in [0.2, 0.25) is 0 Å². The number of thiazole rings is 1. The SMILES string of the molecule is CONC(=NCc1cnc(Cl)s1)N[N+](=O)OC. The number of hydroxylamine groups is 1. The molecule has 0 aliphatic rings. The number of hydrazine groups is 1. The summed E-state index contributed by atoms with van der Waals surface area (Å²) in [7, 11) is 2.61. The molecule has 1 heterocycles. The Morgan fingerprint density at radius 3 is 3.00 bits per heavy atom. The van der Waals surface area contributed by atoms with Crippen molar-refractivity contribution < 1.29 is 14.7 Å². The highest BCUT2D eigenvalue weighted by Gasteiger charge is 2.11. The van der Waals surface area contributed by atoms with E-state index in [1.807, 2.05) is 0 Å². The van der Waals surface area contributed by atoms with Crippen molar-refractivity contribution in [1.29, 1.82) is 0 Å². The van der Waals surface area contributed by atoms with Crippen LogP contribution in [-0.2, 0) is 16.2 Å². The highest BCUT2D eigenvalue weighted by molar-refractivity contribution is 7.15. The van der Waals surface area contributed by atoms with Crippen molar-refractivity contribution in [3.05, 3.63) is 20.4 Å². The third-order valence-corrected chi connectivity index (χ3v) is 2.58. The summed E-state index contributed by atoms with van der Waals surface area (Å²) in [6.07, 6.45) is 1.60. The maximum Gasteiger partial charge on any atom is 0.364 e. The minimum Gasteiger partial charge on any atom is -0.277 e. The van der Waals surface area contributed by atoms with Crippen LogP contribution in [0, 0.1) is 4.91 Å². The van der Waals surface area contributed by atoms with Crippen LogP contribution in [0.1, 0.15) is 4.88 Å². The number of aromatic nitrogens is 1. The number of aliphatic imine (C=N–C) groups is 1. The second-order valence-corrected chi connectivity index (χ2v) is 4.30. The summed E-state index contributed by atoms with van der Waals surface area (Å²) in [6, 6.07) is 0. The Bertz CT molecular complexity index is 410. The lowest BCUT2D eigenvalue weighted by Crippen LogP contribution is -2.41. The maximum atomic E-state index is 10.9. The van der Waals surface area contributed by atoms with Crippen LogP contribution in [0.15, 0.2) is 11.2 Å². The molecule has 17 heavy (non-hydrogen) atoms. The Morgan fingerprint density at radius 1 is 1.71 bits per heavy atom. The van der Waals surface area contributed by atoms with E-state index in [1.54, 1.807) is 6.20 Å². The monoisotopic (exact) mass is 280 g/mol. The molecule has 0 spiro atoms. The summed E-state index contributed by atoms with van der Waals surface area (Å²) in [5, 5.41) is 0.129. The first-order valence-electron chi connectivity index (χ1n) is 4.37. The molecule has 10 heteroatoms. The molecule has 0 atom stereocenters. The fraction of sp³-hybridized carbons (Fsp3) is 0.429. The van der Waals surface area contributed by atoms with Gasteiger partial charge < -0.3 is 0 Å². The van der Waals surface area contributed by atoms with Gasteiger partial charge in [-0.25, -0.2) is 20.3 Å². The van der Waals surface area contributed by atoms with Crippen LogP contribution in [0.3, 0.4) is 0 Å². The van der Waals surface area contributed by atoms with Crippen molar-refractivity contribution in [3.8, 4) is 0 Å². The van der Waals surface area contributed by atoms with Crippen LogP contribution < -0.4 is 10.9 Å². The van der Waals surface area contributed by atoms with E-state index >= 15 is 0 Å². The predicted molar refractivity (Wildman–Crippen MR) is 62.2 cm³/mol. The highest BCUT2D eigenvalue weighted by atomic mass is 35.5. The van der Waals surface area contributed by atoms with Crippen molar-refractivity contribution in [2.75, 3.05) is 14.2 Å². The summed E-state index contributed by atoms with van der Waals surface area (Å²) in [5.74, 6) is 0.105. The normalized spacial score (nSPS) is 11.1. The molecule has 94 valence electrons. The predicted octanol–water partition coefficient (Wildman–Crippen LogP) is 0.648. The second kappa shape index (κ2) is 6.99. The van der Waals surface area contributed by atoms with Gasteiger partial charge in [0.25, 0.3) is 5.96 Å². The van der Waals surface area contributed by atoms with Crippen molar-refractivity contribution in [3.63, 3.8) is 0 Å². The van der Waals surface area contributed by atoms with E-state index in [0.717, 1.165) is 4.88 Å². The molecule has 1 aromatic rings. The van der Waals surface area contributed by atoms with E-state index in [9.17, 15) is 4.91 Å². The fourth-order valence-corrected chi connectivity index (χ4v) is 1.74. The molecular weight excluding hydrogens is 270 g/mol. The lowest BCUT2D eigenvalue weighted by Gasteiger charge is -2.01. The number of rotatable bonds is 5. The summed E-state index contributed by atoms with van der Waals surface area (Å²) >= 11 is 6.97. The van der Waals surface area contributed by atoms with Gasteiger partial charge in [-0.1, -0.05) is 11.6 Å². The zero-order chi connectivity index (χ0) is 12.7. The molecule has 0 bridgehead atoms. The van der Waals surface area contributed by atoms with Gasteiger partial charge in [-0.2, -0.15) is 0 Å². The molecule has 0 aliphatic carbocycles. The molecule has 0 amide bonds. The van der Waals surface area contributed by atoms with Crippen LogP contribution >= 0.6 is 22.9 Å². The number of nitrogens with zero attached hydrogens (tertiary/aromatic N) is 3. The molecule has 2 N–H and O–H groups in total. The van der Waals surface area contributed by atoms with Gasteiger partial charge in [0, 0.05) is 11.1 Å². The summed E-state index contributed by atoms with van der Waals surface area (Å²) < 4.78 is 0.437. The molecule has 0 aromatic carbocycles. The zero-order valence-corrected chi connectivity index (χ0v) is 10.7. The Kier molecular flexibility index (Phi) is 5.60. The first kappa shape index (κ1) is 13.6. The molecule has 1 rings (SSSR count). The van der Waals surface area contributed by atoms with Gasteiger partial charge in [0.15, 0.2) is 11.6 Å². The Labute approximate surface area is 106 Å². The van der Waals surface area contributed by atoms with Gasteiger partial charge >= 0.3 is 5.03 Å². The van der Waals surface area contributed by atoms with Crippen LogP contribution in [0.4, 0.5) is 0 Å². The Hall–Kier alpha value is -1.45. The topological polar surface area (TPSA) is 87.9 Å². The Balaban J connectivity index is 2.59. The van der Waals surface area contributed by atoms with Crippen LogP contribution in [0.25, 0.3) is 0 Å². The van der Waals surface area contributed by atoms with Crippen LogP contribution in [0.5, 0.6) is 0 Å². The second-order valence-electron chi connectivity index (χ2n) is 2.60. The van der Waals surface area contributed by atoms with E-state index < -0.39 is 0 Å². The van der Waals surface area contributed by atoms with Gasteiger partial charge in [-0.3, -0.25) is 4.84 Å². The molecule has 0 fully saturated rings. The average Bonchev–Trinajstić information content (AvgIpc) is 2.72. The van der Waals surface area contributed by atoms with E-state index in [1.165, 1.54) is 25.6 Å². The minimum atomic E-state index is 0.105. The van der Waals surface area contributed by atoms with E-state index in [4.69, 9.17) is 11.6 Å². The highest BCUT2D eigenvalue weighted by Crippen LogP contribution is 2.18. The lowest BCUT2D eigenvalue weighted by molar-refractivity contribution is -0.827. The van der Waals surface area contributed by atoms with Crippen LogP contribution in [-0.4, -0.2) is 30.2 Å². The smallest absolute Gasteiger partial charge is 0.277 e. The zero-order valence-electron chi connectivity index (χ0n) is 9.14. The molecule has 0 saturated carbocycles. The maximum absolute atomic E-state index is 10.9. The van der Waals surface area contributed by atoms with Crippen molar-refractivity contribution in [2.24, 2.45) is 4.99 Å². The van der Waals surface area contributed by atoms with Gasteiger partial charge in [-0.15, -0.1) is 11.3 Å². The third kappa shape index (κ3) is 4.93. The standard InChI is InChI=1S/C7H11ClN5O3S/c1-15-12-7(11-13(14)16-2)10-4-5-3-9-6(8)17-5/h3H,4H2,1-2H3,(H2,10,11,12,14)/q+1. The first-order valence-corrected chi connectivity index (χ1v) is 5.56. The molecule has 0 saturated heterocycles. The first-order chi connectivity index (χ1) is 8.15. The molecular formula is C7H11ClN5O3S+. The Morgan fingerprint density at radius 2 is 2.47 bits per heavy atom. The number of hydrogen-bond donors (Lipinski definition) is 2.